The number of rotatable bonds is 7. The van der Waals surface area contributed by atoms with E-state index in [9.17, 15) is 4.79 Å². The van der Waals surface area contributed by atoms with E-state index in [1.54, 1.807) is 6.20 Å². The molecule has 0 radical (unpaired) electrons. The summed E-state index contributed by atoms with van der Waals surface area (Å²) in [5.41, 5.74) is 3.17. The van der Waals surface area contributed by atoms with E-state index in [0.717, 1.165) is 24.5 Å². The van der Waals surface area contributed by atoms with E-state index in [2.05, 4.69) is 44.3 Å². The van der Waals surface area contributed by atoms with Gasteiger partial charge in [0.05, 0.1) is 0 Å². The lowest BCUT2D eigenvalue weighted by atomic mass is 9.88. The number of pyridine rings is 1. The highest BCUT2D eigenvalue weighted by Crippen LogP contribution is 2.29. The number of aromatic nitrogens is 3. The molecule has 1 saturated heterocycles. The average molecular weight is 482 g/mol. The van der Waals surface area contributed by atoms with Gasteiger partial charge in [-0.2, -0.15) is 4.98 Å². The normalized spacial score (nSPS) is 14.0. The number of hydrogen-bond acceptors (Lipinski definition) is 6. The highest BCUT2D eigenvalue weighted by molar-refractivity contribution is 5.78. The van der Waals surface area contributed by atoms with E-state index >= 15 is 0 Å². The SMILES string of the molecule is CC(C)c1nc(-c2ccc(N3CCN(C(=O)CC(c4ccccc4)c4ccccc4)CC3)nc2)no1. The van der Waals surface area contributed by atoms with Crippen LogP contribution in [-0.2, 0) is 4.79 Å². The second-order valence-electron chi connectivity index (χ2n) is 9.46. The lowest BCUT2D eigenvalue weighted by Gasteiger charge is -2.36. The number of piperazine rings is 1. The van der Waals surface area contributed by atoms with Crippen molar-refractivity contribution in [1.29, 1.82) is 0 Å². The van der Waals surface area contributed by atoms with Crippen LogP contribution in [0.25, 0.3) is 11.4 Å². The van der Waals surface area contributed by atoms with E-state index in [1.807, 2.05) is 67.3 Å². The molecule has 1 aliphatic heterocycles. The molecule has 0 spiro atoms. The topological polar surface area (TPSA) is 75.4 Å². The van der Waals surface area contributed by atoms with E-state index in [0.29, 0.717) is 31.2 Å². The maximum atomic E-state index is 13.3. The Balaban J connectivity index is 1.21. The highest BCUT2D eigenvalue weighted by atomic mass is 16.5. The molecule has 7 heteroatoms. The van der Waals surface area contributed by atoms with Gasteiger partial charge in [-0.15, -0.1) is 0 Å². The van der Waals surface area contributed by atoms with Gasteiger partial charge >= 0.3 is 0 Å². The van der Waals surface area contributed by atoms with Gasteiger partial charge in [-0.25, -0.2) is 4.98 Å². The minimum atomic E-state index is 0.0495. The molecule has 0 bridgehead atoms. The fourth-order valence-electron chi connectivity index (χ4n) is 4.58. The predicted molar refractivity (Wildman–Crippen MR) is 140 cm³/mol. The molecule has 0 unspecified atom stereocenters. The number of benzene rings is 2. The molecule has 7 nitrogen and oxygen atoms in total. The number of carbonyl (C=O) groups excluding carboxylic acids is 1. The zero-order valence-electron chi connectivity index (χ0n) is 20.7. The maximum Gasteiger partial charge on any atom is 0.229 e. The summed E-state index contributed by atoms with van der Waals surface area (Å²) < 4.78 is 5.31. The minimum Gasteiger partial charge on any atom is -0.353 e. The van der Waals surface area contributed by atoms with E-state index in [1.165, 1.54) is 11.1 Å². The van der Waals surface area contributed by atoms with Gasteiger partial charge in [0.25, 0.3) is 0 Å². The fraction of sp³-hybridized carbons (Fsp3) is 0.310. The number of hydrogen-bond donors (Lipinski definition) is 0. The zero-order valence-corrected chi connectivity index (χ0v) is 20.7. The van der Waals surface area contributed by atoms with Crippen LogP contribution in [0.5, 0.6) is 0 Å². The highest BCUT2D eigenvalue weighted by Gasteiger charge is 2.26. The van der Waals surface area contributed by atoms with Crippen LogP contribution in [0.15, 0.2) is 83.5 Å². The third kappa shape index (κ3) is 5.30. The summed E-state index contributed by atoms with van der Waals surface area (Å²) in [6.07, 6.45) is 2.25. The van der Waals surface area contributed by atoms with Crippen LogP contribution in [0.2, 0.25) is 0 Å². The first-order chi connectivity index (χ1) is 17.6. The lowest BCUT2D eigenvalue weighted by Crippen LogP contribution is -2.49. The number of anilines is 1. The Hall–Kier alpha value is -4.00. The summed E-state index contributed by atoms with van der Waals surface area (Å²) in [5.74, 6) is 2.50. The molecule has 0 atom stereocenters. The van der Waals surface area contributed by atoms with Crippen molar-refractivity contribution in [1.82, 2.24) is 20.0 Å². The Morgan fingerprint density at radius 1 is 0.889 bits per heavy atom. The molecule has 3 heterocycles. The van der Waals surface area contributed by atoms with E-state index in [-0.39, 0.29) is 17.7 Å². The Morgan fingerprint density at radius 3 is 2.06 bits per heavy atom. The molecule has 0 N–H and O–H groups in total. The molecule has 1 amide bonds. The Labute approximate surface area is 211 Å². The van der Waals surface area contributed by atoms with Crippen molar-refractivity contribution in [2.75, 3.05) is 31.1 Å². The first-order valence-electron chi connectivity index (χ1n) is 12.5. The van der Waals surface area contributed by atoms with Crippen LogP contribution >= 0.6 is 0 Å². The summed E-state index contributed by atoms with van der Waals surface area (Å²) in [6, 6.07) is 24.6. The first kappa shape index (κ1) is 23.7. The van der Waals surface area contributed by atoms with Gasteiger partial charge in [-0.05, 0) is 23.3 Å². The number of nitrogens with zero attached hydrogens (tertiary/aromatic N) is 5. The number of carbonyl (C=O) groups is 1. The molecule has 1 aliphatic rings. The first-order valence-corrected chi connectivity index (χ1v) is 12.5. The van der Waals surface area contributed by atoms with Crippen LogP contribution in [0.3, 0.4) is 0 Å². The van der Waals surface area contributed by atoms with Crippen molar-refractivity contribution in [2.45, 2.75) is 32.1 Å². The summed E-state index contributed by atoms with van der Waals surface area (Å²) in [7, 11) is 0. The van der Waals surface area contributed by atoms with Gasteiger partial charge in [0.1, 0.15) is 5.82 Å². The van der Waals surface area contributed by atoms with Gasteiger partial charge in [-0.1, -0.05) is 79.7 Å². The smallest absolute Gasteiger partial charge is 0.229 e. The second kappa shape index (κ2) is 10.7. The third-order valence-electron chi connectivity index (χ3n) is 6.68. The Bertz CT molecular complexity index is 1220. The van der Waals surface area contributed by atoms with Gasteiger partial charge in [-0.3, -0.25) is 4.79 Å². The molecule has 5 rings (SSSR count). The third-order valence-corrected chi connectivity index (χ3v) is 6.68. The molecule has 0 aliphatic carbocycles. The van der Waals surface area contributed by atoms with Crippen LogP contribution < -0.4 is 4.90 Å². The molecule has 184 valence electrons. The predicted octanol–water partition coefficient (Wildman–Crippen LogP) is 5.13. The molecule has 4 aromatic rings. The van der Waals surface area contributed by atoms with Crippen molar-refractivity contribution in [3.8, 4) is 11.4 Å². The van der Waals surface area contributed by atoms with Crippen LogP contribution in [0.1, 0.15) is 49.1 Å². The van der Waals surface area contributed by atoms with E-state index in [4.69, 9.17) is 4.52 Å². The molecule has 2 aromatic heterocycles. The Kier molecular flexibility index (Phi) is 7.07. The summed E-state index contributed by atoms with van der Waals surface area (Å²) >= 11 is 0. The summed E-state index contributed by atoms with van der Waals surface area (Å²) in [4.78, 5) is 26.6. The second-order valence-corrected chi connectivity index (χ2v) is 9.46. The molecule has 2 aromatic carbocycles. The van der Waals surface area contributed by atoms with Crippen LogP contribution in [-0.4, -0.2) is 52.1 Å². The largest absolute Gasteiger partial charge is 0.353 e. The minimum absolute atomic E-state index is 0.0495. The Morgan fingerprint density at radius 2 is 1.53 bits per heavy atom. The molecule has 1 fully saturated rings. The standard InChI is InChI=1S/C29H31N5O2/c1-21(2)29-31-28(32-36-29)24-13-14-26(30-20-24)33-15-17-34(18-16-33)27(35)19-25(22-9-5-3-6-10-22)23-11-7-4-8-12-23/h3-14,20-21,25H,15-19H2,1-2H3. The van der Waals surface area contributed by atoms with Crippen LogP contribution in [0.4, 0.5) is 5.82 Å². The molecule has 36 heavy (non-hydrogen) atoms. The quantitative estimate of drug-likeness (QED) is 0.364. The maximum absolute atomic E-state index is 13.3. The van der Waals surface area contributed by atoms with Crippen molar-refractivity contribution >= 4 is 11.7 Å². The fourth-order valence-corrected chi connectivity index (χ4v) is 4.58. The van der Waals surface area contributed by atoms with Crippen molar-refractivity contribution in [3.63, 3.8) is 0 Å². The lowest BCUT2D eigenvalue weighted by molar-refractivity contribution is -0.131. The molecule has 0 saturated carbocycles. The van der Waals surface area contributed by atoms with Gasteiger partial charge in [0.2, 0.25) is 17.6 Å². The molecular formula is C29H31N5O2. The summed E-state index contributed by atoms with van der Waals surface area (Å²) in [6.45, 7) is 6.90. The van der Waals surface area contributed by atoms with Crippen molar-refractivity contribution in [3.05, 3.63) is 96.0 Å². The van der Waals surface area contributed by atoms with Gasteiger partial charge < -0.3 is 14.3 Å². The average Bonchev–Trinajstić information content (AvgIpc) is 3.44. The zero-order chi connectivity index (χ0) is 24.9. The van der Waals surface area contributed by atoms with Crippen molar-refractivity contribution < 1.29 is 9.32 Å². The monoisotopic (exact) mass is 481 g/mol. The van der Waals surface area contributed by atoms with Gasteiger partial charge in [0, 0.05) is 56.2 Å². The van der Waals surface area contributed by atoms with E-state index < -0.39 is 0 Å². The number of amides is 1. The van der Waals surface area contributed by atoms with Crippen LogP contribution in [0, 0.1) is 0 Å². The van der Waals surface area contributed by atoms with Gasteiger partial charge in [0.15, 0.2) is 0 Å². The summed E-state index contributed by atoms with van der Waals surface area (Å²) in [5, 5.41) is 4.06. The van der Waals surface area contributed by atoms with Crippen molar-refractivity contribution in [2.24, 2.45) is 0 Å². The molecular weight excluding hydrogens is 450 g/mol.